The van der Waals surface area contributed by atoms with Crippen molar-refractivity contribution in [2.24, 2.45) is 5.41 Å². The average molecular weight is 478 g/mol. The van der Waals surface area contributed by atoms with E-state index < -0.39 is 10.0 Å². The fourth-order valence-corrected chi connectivity index (χ4v) is 6.38. The van der Waals surface area contributed by atoms with Gasteiger partial charge in [0.25, 0.3) is 0 Å². The standard InChI is InChI=1S/C23H28ClN3O4S/c1-31-20-8-6-17(7-9-20)14-25-22(28)26-19-12-23(13-19)15-27(16-23)32(29,30)11-10-18-4-2-3-5-21(18)24/h2-9,19H,10-16H2,1H3,(H2,25,26,28). The highest BCUT2D eigenvalue weighted by atomic mass is 35.5. The average Bonchev–Trinajstić information content (AvgIpc) is 2.72. The van der Waals surface area contributed by atoms with E-state index in [1.54, 1.807) is 17.5 Å². The highest BCUT2D eigenvalue weighted by Gasteiger charge is 2.55. The lowest BCUT2D eigenvalue weighted by molar-refractivity contribution is -0.0302. The summed E-state index contributed by atoms with van der Waals surface area (Å²) < 4.78 is 32.0. The van der Waals surface area contributed by atoms with Crippen LogP contribution in [0, 0.1) is 5.41 Å². The van der Waals surface area contributed by atoms with Crippen LogP contribution in [-0.4, -0.2) is 50.7 Å². The van der Waals surface area contributed by atoms with Gasteiger partial charge in [-0.1, -0.05) is 41.9 Å². The summed E-state index contributed by atoms with van der Waals surface area (Å²) in [6.45, 7) is 1.50. The Kier molecular flexibility index (Phi) is 6.65. The Hall–Kier alpha value is -2.29. The van der Waals surface area contributed by atoms with Crippen LogP contribution < -0.4 is 15.4 Å². The summed E-state index contributed by atoms with van der Waals surface area (Å²) in [5.41, 5.74) is 1.84. The van der Waals surface area contributed by atoms with Crippen molar-refractivity contribution in [1.29, 1.82) is 0 Å². The lowest BCUT2D eigenvalue weighted by atomic mass is 9.61. The van der Waals surface area contributed by atoms with Gasteiger partial charge in [-0.2, -0.15) is 0 Å². The third-order valence-electron chi connectivity index (χ3n) is 6.31. The van der Waals surface area contributed by atoms with Gasteiger partial charge >= 0.3 is 6.03 Å². The van der Waals surface area contributed by atoms with Gasteiger partial charge in [0.15, 0.2) is 0 Å². The van der Waals surface area contributed by atoms with E-state index >= 15 is 0 Å². The summed E-state index contributed by atoms with van der Waals surface area (Å²) in [6.07, 6.45) is 2.02. The number of amides is 2. The molecule has 1 aliphatic carbocycles. The van der Waals surface area contributed by atoms with Gasteiger partial charge in [-0.3, -0.25) is 0 Å². The maximum Gasteiger partial charge on any atom is 0.315 e. The number of nitrogens with zero attached hydrogens (tertiary/aromatic N) is 1. The molecule has 172 valence electrons. The fourth-order valence-electron chi connectivity index (χ4n) is 4.48. The van der Waals surface area contributed by atoms with Crippen LogP contribution in [0.3, 0.4) is 0 Å². The minimum Gasteiger partial charge on any atom is -0.497 e. The van der Waals surface area contributed by atoms with E-state index in [1.807, 2.05) is 42.5 Å². The fraction of sp³-hybridized carbons (Fsp3) is 0.435. The van der Waals surface area contributed by atoms with E-state index in [9.17, 15) is 13.2 Å². The Balaban J connectivity index is 1.16. The first-order valence-corrected chi connectivity index (χ1v) is 12.7. The minimum atomic E-state index is -3.30. The van der Waals surface area contributed by atoms with E-state index in [1.165, 1.54) is 0 Å². The molecule has 7 nitrogen and oxygen atoms in total. The Morgan fingerprint density at radius 1 is 1.16 bits per heavy atom. The van der Waals surface area contributed by atoms with Crippen LogP contribution in [-0.2, 0) is 23.0 Å². The van der Waals surface area contributed by atoms with E-state index in [2.05, 4.69) is 10.6 Å². The molecule has 9 heteroatoms. The molecule has 2 amide bonds. The van der Waals surface area contributed by atoms with Crippen molar-refractivity contribution in [3.63, 3.8) is 0 Å². The molecule has 2 aliphatic rings. The number of hydrogen-bond donors (Lipinski definition) is 2. The molecule has 1 heterocycles. The van der Waals surface area contributed by atoms with Crippen molar-refractivity contribution in [3.8, 4) is 5.75 Å². The third-order valence-corrected chi connectivity index (χ3v) is 8.44. The number of urea groups is 1. The molecule has 0 atom stereocenters. The van der Waals surface area contributed by atoms with Crippen molar-refractivity contribution >= 4 is 27.7 Å². The van der Waals surface area contributed by atoms with Gasteiger partial charge in [0.05, 0.1) is 12.9 Å². The van der Waals surface area contributed by atoms with Crippen LogP contribution in [0.15, 0.2) is 48.5 Å². The zero-order chi connectivity index (χ0) is 22.8. The number of benzene rings is 2. The lowest BCUT2D eigenvalue weighted by Gasteiger charge is -2.58. The Morgan fingerprint density at radius 2 is 1.84 bits per heavy atom. The van der Waals surface area contributed by atoms with Gasteiger partial charge in [0, 0.05) is 36.1 Å². The molecule has 32 heavy (non-hydrogen) atoms. The number of carbonyl (C=O) groups is 1. The van der Waals surface area contributed by atoms with E-state index in [-0.39, 0.29) is 23.2 Å². The van der Waals surface area contributed by atoms with E-state index in [0.29, 0.717) is 31.1 Å². The molecular weight excluding hydrogens is 450 g/mol. The highest BCUT2D eigenvalue weighted by Crippen LogP contribution is 2.49. The summed E-state index contributed by atoms with van der Waals surface area (Å²) in [4.78, 5) is 12.2. The zero-order valence-electron chi connectivity index (χ0n) is 18.0. The van der Waals surface area contributed by atoms with Crippen molar-refractivity contribution in [2.45, 2.75) is 31.8 Å². The van der Waals surface area contributed by atoms with E-state index in [0.717, 1.165) is 29.7 Å². The summed E-state index contributed by atoms with van der Waals surface area (Å²) >= 11 is 6.13. The smallest absolute Gasteiger partial charge is 0.315 e. The Bertz CT molecular complexity index is 1060. The maximum atomic E-state index is 12.6. The van der Waals surface area contributed by atoms with Crippen LogP contribution in [0.4, 0.5) is 4.79 Å². The highest BCUT2D eigenvalue weighted by molar-refractivity contribution is 7.89. The number of aryl methyl sites for hydroxylation is 1. The molecular formula is C23H28ClN3O4S. The number of hydrogen-bond acceptors (Lipinski definition) is 4. The van der Waals surface area contributed by atoms with Crippen molar-refractivity contribution in [1.82, 2.24) is 14.9 Å². The molecule has 4 rings (SSSR count). The van der Waals surface area contributed by atoms with Gasteiger partial charge in [-0.05, 0) is 48.6 Å². The summed E-state index contributed by atoms with van der Waals surface area (Å²) in [6, 6.07) is 14.7. The predicted octanol–water partition coefficient (Wildman–Crippen LogP) is 3.18. The maximum absolute atomic E-state index is 12.6. The molecule has 0 aromatic heterocycles. The second-order valence-corrected chi connectivity index (χ2v) is 11.2. The zero-order valence-corrected chi connectivity index (χ0v) is 19.6. The molecule has 1 saturated heterocycles. The monoisotopic (exact) mass is 477 g/mol. The number of methoxy groups -OCH3 is 1. The quantitative estimate of drug-likeness (QED) is 0.611. The molecule has 2 N–H and O–H groups in total. The van der Waals surface area contributed by atoms with Crippen molar-refractivity contribution in [2.75, 3.05) is 26.0 Å². The molecule has 1 spiro atoms. The first-order chi connectivity index (χ1) is 15.3. The molecule has 2 aromatic rings. The number of halogens is 1. The molecule has 2 aromatic carbocycles. The van der Waals surface area contributed by atoms with Crippen molar-refractivity contribution in [3.05, 3.63) is 64.7 Å². The molecule has 2 fully saturated rings. The number of sulfonamides is 1. The molecule has 0 unspecified atom stereocenters. The van der Waals surface area contributed by atoms with Gasteiger partial charge in [0.2, 0.25) is 10.0 Å². The first kappa shape index (κ1) is 22.9. The van der Waals surface area contributed by atoms with Gasteiger partial charge in [-0.15, -0.1) is 0 Å². The second kappa shape index (κ2) is 9.29. The van der Waals surface area contributed by atoms with Gasteiger partial charge in [0.1, 0.15) is 5.75 Å². The SMILES string of the molecule is COc1ccc(CNC(=O)NC2CC3(C2)CN(S(=O)(=O)CCc2ccccc2Cl)C3)cc1. The summed E-state index contributed by atoms with van der Waals surface area (Å²) in [5, 5.41) is 6.44. The second-order valence-electron chi connectivity index (χ2n) is 8.71. The molecule has 0 radical (unpaired) electrons. The lowest BCUT2D eigenvalue weighted by Crippen LogP contribution is -2.68. The van der Waals surface area contributed by atoms with Crippen LogP contribution in [0.1, 0.15) is 24.0 Å². The minimum absolute atomic E-state index is 0.00535. The third kappa shape index (κ3) is 5.19. The predicted molar refractivity (Wildman–Crippen MR) is 124 cm³/mol. The first-order valence-electron chi connectivity index (χ1n) is 10.7. The van der Waals surface area contributed by atoms with Gasteiger partial charge < -0.3 is 15.4 Å². The van der Waals surface area contributed by atoms with E-state index in [4.69, 9.17) is 16.3 Å². The molecule has 0 bridgehead atoms. The topological polar surface area (TPSA) is 87.7 Å². The number of rotatable bonds is 8. The van der Waals surface area contributed by atoms with Crippen LogP contribution in [0.5, 0.6) is 5.75 Å². The Morgan fingerprint density at radius 3 is 2.50 bits per heavy atom. The normalized spacial score (nSPS) is 17.9. The van der Waals surface area contributed by atoms with Crippen LogP contribution in [0.2, 0.25) is 5.02 Å². The summed E-state index contributed by atoms with van der Waals surface area (Å²) in [7, 11) is -1.69. The van der Waals surface area contributed by atoms with Crippen LogP contribution >= 0.6 is 11.6 Å². The molecule has 1 aliphatic heterocycles. The largest absolute Gasteiger partial charge is 0.497 e. The Labute approximate surface area is 194 Å². The number of carbonyl (C=O) groups excluding carboxylic acids is 1. The van der Waals surface area contributed by atoms with Crippen LogP contribution in [0.25, 0.3) is 0 Å². The van der Waals surface area contributed by atoms with Gasteiger partial charge in [-0.25, -0.2) is 17.5 Å². The molecule has 1 saturated carbocycles. The van der Waals surface area contributed by atoms with Crippen molar-refractivity contribution < 1.29 is 17.9 Å². The number of nitrogens with one attached hydrogen (secondary N) is 2. The number of ether oxygens (including phenoxy) is 1. The summed E-state index contributed by atoms with van der Waals surface area (Å²) in [5.74, 6) is 0.834.